The molecule has 0 aromatic heterocycles. The number of nitrogens with zero attached hydrogens (tertiary/aromatic N) is 1. The van der Waals surface area contributed by atoms with E-state index in [0.717, 1.165) is 6.42 Å². The highest BCUT2D eigenvalue weighted by Gasteiger charge is 2.39. The molecule has 0 bridgehead atoms. The van der Waals surface area contributed by atoms with Crippen LogP contribution in [0.1, 0.15) is 46.5 Å². The molecule has 5 heteroatoms. The molecule has 1 fully saturated rings. The van der Waals surface area contributed by atoms with Crippen LogP contribution in [0, 0.1) is 5.41 Å². The van der Waals surface area contributed by atoms with Crippen LogP contribution in [0.25, 0.3) is 0 Å². The van der Waals surface area contributed by atoms with Crippen molar-refractivity contribution in [2.75, 3.05) is 19.7 Å². The fourth-order valence-corrected chi connectivity index (χ4v) is 2.47. The number of carboxylic acid groups (broad SMARTS) is 1. The molecule has 1 unspecified atom stereocenters. The molecular formula is C14H25NO4. The number of hydrogen-bond acceptors (Lipinski definition) is 3. The average Bonchev–Trinajstić information content (AvgIpc) is 2.44. The number of carbonyl (C=O) groups is 2. The maximum Gasteiger partial charge on any atom is 0.310 e. The van der Waals surface area contributed by atoms with Gasteiger partial charge in [0.1, 0.15) is 0 Å². The number of hydrogen-bond donors (Lipinski definition) is 1. The first kappa shape index (κ1) is 16.0. The van der Waals surface area contributed by atoms with Gasteiger partial charge in [-0.15, -0.1) is 0 Å². The Balaban J connectivity index is 2.69. The number of rotatable bonds is 6. The Morgan fingerprint density at radius 2 is 1.95 bits per heavy atom. The number of amides is 1. The van der Waals surface area contributed by atoms with E-state index in [1.54, 1.807) is 4.90 Å². The fraction of sp³-hybridized carbons (Fsp3) is 0.857. The first-order chi connectivity index (χ1) is 8.99. The second-order valence-electron chi connectivity index (χ2n) is 5.21. The van der Waals surface area contributed by atoms with Crippen LogP contribution in [0.15, 0.2) is 0 Å². The van der Waals surface area contributed by atoms with Crippen LogP contribution in [0.2, 0.25) is 0 Å². The Kier molecular flexibility index (Phi) is 5.79. The summed E-state index contributed by atoms with van der Waals surface area (Å²) in [6.45, 7) is 7.38. The molecule has 1 aliphatic heterocycles. The standard InChI is InChI=1S/C14H25NO4/c1-4-11-10-15(7-8-19-11)12(16)9-14(5-2,6-3)13(17)18/h11H,4-10H2,1-3H3,(H,17,18). The maximum atomic E-state index is 12.3. The van der Waals surface area contributed by atoms with E-state index in [2.05, 4.69) is 0 Å². The van der Waals surface area contributed by atoms with Gasteiger partial charge in [-0.05, 0) is 19.3 Å². The van der Waals surface area contributed by atoms with Gasteiger partial charge in [-0.25, -0.2) is 0 Å². The summed E-state index contributed by atoms with van der Waals surface area (Å²) >= 11 is 0. The molecule has 1 amide bonds. The molecule has 0 aliphatic carbocycles. The van der Waals surface area contributed by atoms with Gasteiger partial charge in [-0.2, -0.15) is 0 Å². The van der Waals surface area contributed by atoms with E-state index >= 15 is 0 Å². The third kappa shape index (κ3) is 3.69. The number of carbonyl (C=O) groups excluding carboxylic acids is 1. The van der Waals surface area contributed by atoms with Crippen LogP contribution in [0.3, 0.4) is 0 Å². The van der Waals surface area contributed by atoms with Crippen molar-refractivity contribution in [1.29, 1.82) is 0 Å². The van der Waals surface area contributed by atoms with E-state index in [0.29, 0.717) is 32.5 Å². The summed E-state index contributed by atoms with van der Waals surface area (Å²) in [6, 6.07) is 0. The van der Waals surface area contributed by atoms with E-state index in [1.807, 2.05) is 20.8 Å². The van der Waals surface area contributed by atoms with Crippen molar-refractivity contribution in [1.82, 2.24) is 4.90 Å². The number of ether oxygens (including phenoxy) is 1. The molecule has 0 saturated carbocycles. The first-order valence-electron chi connectivity index (χ1n) is 7.11. The monoisotopic (exact) mass is 271 g/mol. The van der Waals surface area contributed by atoms with E-state index in [9.17, 15) is 14.7 Å². The van der Waals surface area contributed by atoms with Gasteiger partial charge in [0.15, 0.2) is 0 Å². The van der Waals surface area contributed by atoms with Crippen molar-refractivity contribution < 1.29 is 19.4 Å². The number of carboxylic acids is 1. The second kappa shape index (κ2) is 6.89. The van der Waals surface area contributed by atoms with Crippen molar-refractivity contribution in [2.45, 2.75) is 52.6 Å². The lowest BCUT2D eigenvalue weighted by Gasteiger charge is -2.35. The zero-order chi connectivity index (χ0) is 14.5. The predicted molar refractivity (Wildman–Crippen MR) is 71.9 cm³/mol. The third-order valence-corrected chi connectivity index (χ3v) is 4.24. The fourth-order valence-electron chi connectivity index (χ4n) is 2.47. The number of aliphatic carboxylic acids is 1. The smallest absolute Gasteiger partial charge is 0.310 e. The average molecular weight is 271 g/mol. The van der Waals surface area contributed by atoms with Crippen molar-refractivity contribution in [2.24, 2.45) is 5.41 Å². The Morgan fingerprint density at radius 1 is 1.32 bits per heavy atom. The number of morpholine rings is 1. The Morgan fingerprint density at radius 3 is 2.42 bits per heavy atom. The van der Waals surface area contributed by atoms with Gasteiger partial charge >= 0.3 is 5.97 Å². The molecule has 1 aliphatic rings. The van der Waals surface area contributed by atoms with Crippen molar-refractivity contribution in [3.05, 3.63) is 0 Å². The van der Waals surface area contributed by atoms with Crippen molar-refractivity contribution >= 4 is 11.9 Å². The molecule has 0 spiro atoms. The molecule has 1 N–H and O–H groups in total. The van der Waals surface area contributed by atoms with Crippen LogP contribution in [0.4, 0.5) is 0 Å². The van der Waals surface area contributed by atoms with Gasteiger partial charge in [0.2, 0.25) is 5.91 Å². The SMILES string of the molecule is CCC1CN(C(=O)CC(CC)(CC)C(=O)O)CCO1. The molecular weight excluding hydrogens is 246 g/mol. The van der Waals surface area contributed by atoms with E-state index in [-0.39, 0.29) is 18.4 Å². The molecule has 1 saturated heterocycles. The van der Waals surface area contributed by atoms with E-state index in [1.165, 1.54) is 0 Å². The van der Waals surface area contributed by atoms with Gasteiger partial charge in [0.25, 0.3) is 0 Å². The third-order valence-electron chi connectivity index (χ3n) is 4.24. The van der Waals surface area contributed by atoms with Gasteiger partial charge in [-0.3, -0.25) is 9.59 Å². The summed E-state index contributed by atoms with van der Waals surface area (Å²) in [6.07, 6.45) is 2.00. The zero-order valence-corrected chi connectivity index (χ0v) is 12.1. The Hall–Kier alpha value is -1.10. The van der Waals surface area contributed by atoms with Crippen LogP contribution < -0.4 is 0 Å². The molecule has 1 rings (SSSR count). The predicted octanol–water partition coefficient (Wildman–Crippen LogP) is 1.90. The largest absolute Gasteiger partial charge is 0.481 e. The van der Waals surface area contributed by atoms with Gasteiger partial charge in [-0.1, -0.05) is 20.8 Å². The summed E-state index contributed by atoms with van der Waals surface area (Å²) < 4.78 is 5.53. The lowest BCUT2D eigenvalue weighted by molar-refractivity contribution is -0.156. The van der Waals surface area contributed by atoms with Crippen molar-refractivity contribution in [3.8, 4) is 0 Å². The molecule has 5 nitrogen and oxygen atoms in total. The maximum absolute atomic E-state index is 12.3. The molecule has 1 heterocycles. The van der Waals surface area contributed by atoms with Crippen LogP contribution >= 0.6 is 0 Å². The lowest BCUT2D eigenvalue weighted by atomic mass is 9.79. The minimum absolute atomic E-state index is 0.0622. The van der Waals surface area contributed by atoms with Crippen LogP contribution in [-0.2, 0) is 14.3 Å². The summed E-state index contributed by atoms with van der Waals surface area (Å²) in [7, 11) is 0. The van der Waals surface area contributed by atoms with E-state index in [4.69, 9.17) is 4.74 Å². The topological polar surface area (TPSA) is 66.8 Å². The molecule has 1 atom stereocenters. The molecule has 0 aromatic rings. The summed E-state index contributed by atoms with van der Waals surface area (Å²) in [5.41, 5.74) is -0.920. The van der Waals surface area contributed by atoms with E-state index < -0.39 is 11.4 Å². The summed E-state index contributed by atoms with van der Waals surface area (Å²) in [4.78, 5) is 25.5. The zero-order valence-electron chi connectivity index (χ0n) is 12.1. The molecule has 110 valence electrons. The summed E-state index contributed by atoms with van der Waals surface area (Å²) in [5.74, 6) is -0.931. The minimum Gasteiger partial charge on any atom is -0.481 e. The molecule has 0 aromatic carbocycles. The quantitative estimate of drug-likeness (QED) is 0.801. The highest BCUT2D eigenvalue weighted by molar-refractivity contribution is 5.85. The van der Waals surface area contributed by atoms with Crippen LogP contribution in [0.5, 0.6) is 0 Å². The van der Waals surface area contributed by atoms with Gasteiger partial charge < -0.3 is 14.7 Å². The Labute approximate surface area is 114 Å². The molecule has 19 heavy (non-hydrogen) atoms. The van der Waals surface area contributed by atoms with Gasteiger partial charge in [0.05, 0.1) is 18.1 Å². The molecule has 0 radical (unpaired) electrons. The van der Waals surface area contributed by atoms with Crippen molar-refractivity contribution in [3.63, 3.8) is 0 Å². The summed E-state index contributed by atoms with van der Waals surface area (Å²) in [5, 5.41) is 9.37. The Bertz CT molecular complexity index is 325. The van der Waals surface area contributed by atoms with Crippen LogP contribution in [-0.4, -0.2) is 47.7 Å². The van der Waals surface area contributed by atoms with Gasteiger partial charge in [0, 0.05) is 19.5 Å². The highest BCUT2D eigenvalue weighted by Crippen LogP contribution is 2.32. The lowest BCUT2D eigenvalue weighted by Crippen LogP contribution is -2.47. The second-order valence-corrected chi connectivity index (χ2v) is 5.21. The highest BCUT2D eigenvalue weighted by atomic mass is 16.5. The first-order valence-corrected chi connectivity index (χ1v) is 7.11. The normalized spacial score (nSPS) is 20.4. The minimum atomic E-state index is -0.920.